The molecule has 6 nitrogen and oxygen atoms in total. The van der Waals surface area contributed by atoms with E-state index in [0.29, 0.717) is 18.9 Å². The smallest absolute Gasteiger partial charge is 0.229 e. The van der Waals surface area contributed by atoms with Crippen LogP contribution in [-0.4, -0.2) is 41.3 Å². The Hall–Kier alpha value is -2.21. The van der Waals surface area contributed by atoms with Gasteiger partial charge in [0.15, 0.2) is 11.4 Å². The van der Waals surface area contributed by atoms with Gasteiger partial charge < -0.3 is 14.1 Å². The minimum Gasteiger partial charge on any atom is -0.432 e. The van der Waals surface area contributed by atoms with Gasteiger partial charge in [0.2, 0.25) is 5.71 Å². The second-order valence-corrected chi connectivity index (χ2v) is 5.34. The minimum absolute atomic E-state index is 0.637. The molecule has 6 heteroatoms. The zero-order chi connectivity index (χ0) is 14.4. The van der Waals surface area contributed by atoms with Gasteiger partial charge >= 0.3 is 0 Å². The summed E-state index contributed by atoms with van der Waals surface area (Å²) < 4.78 is 11.4. The first kappa shape index (κ1) is 12.5. The number of furan rings is 1. The van der Waals surface area contributed by atoms with Gasteiger partial charge in [0.25, 0.3) is 0 Å². The van der Waals surface area contributed by atoms with E-state index < -0.39 is 0 Å². The van der Waals surface area contributed by atoms with Crippen molar-refractivity contribution in [1.82, 2.24) is 15.0 Å². The third-order valence-electron chi connectivity index (χ3n) is 3.84. The Morgan fingerprint density at radius 3 is 2.76 bits per heavy atom. The lowest BCUT2D eigenvalue weighted by Gasteiger charge is -2.27. The van der Waals surface area contributed by atoms with Crippen molar-refractivity contribution in [1.29, 1.82) is 0 Å². The Bertz CT molecular complexity index is 821. The predicted molar refractivity (Wildman–Crippen MR) is 79.6 cm³/mol. The number of aryl methyl sites for hydroxylation is 2. The van der Waals surface area contributed by atoms with E-state index in [1.165, 1.54) is 0 Å². The Balaban J connectivity index is 1.99. The van der Waals surface area contributed by atoms with Crippen molar-refractivity contribution in [3.63, 3.8) is 0 Å². The van der Waals surface area contributed by atoms with Crippen LogP contribution in [0.3, 0.4) is 0 Å². The van der Waals surface area contributed by atoms with Gasteiger partial charge in [0, 0.05) is 18.8 Å². The van der Waals surface area contributed by atoms with Crippen molar-refractivity contribution < 1.29 is 9.15 Å². The van der Waals surface area contributed by atoms with Crippen molar-refractivity contribution in [3.05, 3.63) is 23.7 Å². The fourth-order valence-electron chi connectivity index (χ4n) is 2.90. The molecule has 21 heavy (non-hydrogen) atoms. The number of pyridine rings is 1. The number of aromatic nitrogens is 3. The highest BCUT2D eigenvalue weighted by Crippen LogP contribution is 2.33. The molecule has 3 aromatic rings. The van der Waals surface area contributed by atoms with Crippen molar-refractivity contribution in [2.45, 2.75) is 13.8 Å². The molecule has 1 fully saturated rings. The summed E-state index contributed by atoms with van der Waals surface area (Å²) in [7, 11) is 0. The molecule has 4 heterocycles. The topological polar surface area (TPSA) is 64.3 Å². The van der Waals surface area contributed by atoms with Crippen molar-refractivity contribution in [3.8, 4) is 0 Å². The van der Waals surface area contributed by atoms with Crippen LogP contribution in [-0.2, 0) is 4.74 Å². The molecule has 1 aliphatic heterocycles. The quantitative estimate of drug-likeness (QED) is 0.682. The number of ether oxygens (including phenoxy) is 1. The Labute approximate surface area is 121 Å². The molecular formula is C15H16N4O2. The van der Waals surface area contributed by atoms with Crippen LogP contribution >= 0.6 is 0 Å². The van der Waals surface area contributed by atoms with E-state index in [2.05, 4.69) is 26.8 Å². The lowest BCUT2D eigenvalue weighted by Crippen LogP contribution is -2.36. The summed E-state index contributed by atoms with van der Waals surface area (Å²) >= 11 is 0. The first-order valence-corrected chi connectivity index (χ1v) is 7.08. The lowest BCUT2D eigenvalue weighted by molar-refractivity contribution is 0.122. The summed E-state index contributed by atoms with van der Waals surface area (Å²) in [5.41, 5.74) is 4.27. The molecule has 108 valence electrons. The largest absolute Gasteiger partial charge is 0.432 e. The summed E-state index contributed by atoms with van der Waals surface area (Å²) in [6.45, 7) is 7.07. The molecule has 0 aliphatic carbocycles. The molecule has 1 saturated heterocycles. The first-order valence-electron chi connectivity index (χ1n) is 7.08. The lowest BCUT2D eigenvalue weighted by atomic mass is 10.1. The highest BCUT2D eigenvalue weighted by Gasteiger charge is 2.21. The van der Waals surface area contributed by atoms with Crippen LogP contribution in [0.25, 0.3) is 22.2 Å². The third-order valence-corrected chi connectivity index (χ3v) is 3.84. The van der Waals surface area contributed by atoms with Crippen LogP contribution < -0.4 is 4.90 Å². The van der Waals surface area contributed by atoms with Gasteiger partial charge in [-0.1, -0.05) is 0 Å². The van der Waals surface area contributed by atoms with Gasteiger partial charge in [-0.2, -0.15) is 0 Å². The maximum absolute atomic E-state index is 5.98. The van der Waals surface area contributed by atoms with Crippen LogP contribution in [0.4, 0.5) is 5.82 Å². The summed E-state index contributed by atoms with van der Waals surface area (Å²) in [4.78, 5) is 15.5. The standard InChI is InChI=1S/C15H16N4O2/c1-9-7-10(2)18-15-11(9)12-13(21-15)14(17-8-16-12)19-3-5-20-6-4-19/h7-8H,3-6H2,1-2H3. The van der Waals surface area contributed by atoms with E-state index in [1.807, 2.05) is 13.0 Å². The molecule has 0 atom stereocenters. The zero-order valence-electron chi connectivity index (χ0n) is 12.1. The van der Waals surface area contributed by atoms with Gasteiger partial charge in [-0.25, -0.2) is 15.0 Å². The normalized spacial score (nSPS) is 16.0. The van der Waals surface area contributed by atoms with Crippen LogP contribution in [0.2, 0.25) is 0 Å². The van der Waals surface area contributed by atoms with Crippen molar-refractivity contribution in [2.24, 2.45) is 0 Å². The fourth-order valence-corrected chi connectivity index (χ4v) is 2.90. The van der Waals surface area contributed by atoms with Gasteiger partial charge in [-0.05, 0) is 25.5 Å². The molecule has 0 radical (unpaired) electrons. The van der Waals surface area contributed by atoms with Crippen molar-refractivity contribution in [2.75, 3.05) is 31.2 Å². The van der Waals surface area contributed by atoms with E-state index >= 15 is 0 Å². The minimum atomic E-state index is 0.637. The highest BCUT2D eigenvalue weighted by molar-refractivity contribution is 6.06. The predicted octanol–water partition coefficient (Wildman–Crippen LogP) is 2.22. The number of nitrogens with zero attached hydrogens (tertiary/aromatic N) is 4. The molecule has 0 bridgehead atoms. The summed E-state index contributed by atoms with van der Waals surface area (Å²) in [6, 6.07) is 2.05. The van der Waals surface area contributed by atoms with Gasteiger partial charge in [0.1, 0.15) is 11.8 Å². The number of rotatable bonds is 1. The molecule has 0 saturated carbocycles. The number of fused-ring (bicyclic) bond motifs is 3. The van der Waals surface area contributed by atoms with Crippen LogP contribution in [0.5, 0.6) is 0 Å². The van der Waals surface area contributed by atoms with Crippen molar-refractivity contribution >= 4 is 28.0 Å². The maximum atomic E-state index is 5.98. The van der Waals surface area contributed by atoms with Crippen LogP contribution in [0, 0.1) is 13.8 Å². The summed E-state index contributed by atoms with van der Waals surface area (Å²) in [5.74, 6) is 0.832. The van der Waals surface area contributed by atoms with E-state index in [4.69, 9.17) is 9.15 Å². The molecule has 0 amide bonds. The molecule has 0 spiro atoms. The van der Waals surface area contributed by atoms with E-state index in [0.717, 1.165) is 46.7 Å². The van der Waals surface area contributed by atoms with Crippen LogP contribution in [0.1, 0.15) is 11.3 Å². The second-order valence-electron chi connectivity index (χ2n) is 5.34. The fraction of sp³-hybridized carbons (Fsp3) is 0.400. The monoisotopic (exact) mass is 284 g/mol. The number of hydrogen-bond acceptors (Lipinski definition) is 6. The molecule has 0 N–H and O–H groups in total. The van der Waals surface area contributed by atoms with E-state index in [1.54, 1.807) is 6.33 Å². The Kier molecular flexibility index (Phi) is 2.78. The van der Waals surface area contributed by atoms with E-state index in [-0.39, 0.29) is 0 Å². The third kappa shape index (κ3) is 1.94. The Morgan fingerprint density at radius 1 is 1.14 bits per heavy atom. The molecule has 1 aliphatic rings. The first-order chi connectivity index (χ1) is 10.2. The zero-order valence-corrected chi connectivity index (χ0v) is 12.1. The second kappa shape index (κ2) is 4.66. The van der Waals surface area contributed by atoms with Gasteiger partial charge in [-0.3, -0.25) is 0 Å². The van der Waals surface area contributed by atoms with E-state index in [9.17, 15) is 0 Å². The average molecular weight is 284 g/mol. The SMILES string of the molecule is Cc1cc(C)c2c(n1)oc1c(N3CCOCC3)ncnc12. The maximum Gasteiger partial charge on any atom is 0.229 e. The molecular weight excluding hydrogens is 268 g/mol. The molecule has 0 unspecified atom stereocenters. The molecule has 0 aromatic carbocycles. The molecule has 4 rings (SSSR count). The van der Waals surface area contributed by atoms with Crippen LogP contribution in [0.15, 0.2) is 16.8 Å². The number of hydrogen-bond donors (Lipinski definition) is 0. The number of anilines is 1. The summed E-state index contributed by atoms with van der Waals surface area (Å²) in [5, 5.41) is 0.979. The highest BCUT2D eigenvalue weighted by atomic mass is 16.5. The molecule has 3 aromatic heterocycles. The summed E-state index contributed by atoms with van der Waals surface area (Å²) in [6.07, 6.45) is 1.60. The van der Waals surface area contributed by atoms with Gasteiger partial charge in [-0.15, -0.1) is 0 Å². The average Bonchev–Trinajstić information content (AvgIpc) is 2.86. The Morgan fingerprint density at radius 2 is 1.95 bits per heavy atom. The van der Waals surface area contributed by atoms with Gasteiger partial charge in [0.05, 0.1) is 18.6 Å². The number of morpholine rings is 1.